The van der Waals surface area contributed by atoms with Crippen LogP contribution in [0.3, 0.4) is 0 Å². The van der Waals surface area contributed by atoms with Crippen LogP contribution in [0.25, 0.3) is 0 Å². The van der Waals surface area contributed by atoms with E-state index in [4.69, 9.17) is 4.74 Å². The SMILES string of the molecule is CN(C)[C@H]1C[C@@H](c2cccc(C(F)(F)F)c2)CC[C@@H]1Oc1ccc(C(C)(C)C)c(F)c1. The molecule has 2 aromatic carbocycles. The van der Waals surface area contributed by atoms with E-state index in [1.165, 1.54) is 18.2 Å². The first-order valence-electron chi connectivity index (χ1n) is 10.7. The van der Waals surface area contributed by atoms with Crippen LogP contribution in [0.1, 0.15) is 62.6 Å². The van der Waals surface area contributed by atoms with Crippen molar-refractivity contribution in [2.75, 3.05) is 14.1 Å². The molecule has 3 rings (SSSR count). The van der Waals surface area contributed by atoms with Crippen LogP contribution in [0.5, 0.6) is 5.75 Å². The van der Waals surface area contributed by atoms with Crippen LogP contribution in [-0.4, -0.2) is 31.1 Å². The maximum atomic E-state index is 14.6. The van der Waals surface area contributed by atoms with Crippen molar-refractivity contribution < 1.29 is 22.3 Å². The lowest BCUT2D eigenvalue weighted by Crippen LogP contribution is -2.46. The molecule has 1 fully saturated rings. The smallest absolute Gasteiger partial charge is 0.416 e. The molecule has 0 radical (unpaired) electrons. The van der Waals surface area contributed by atoms with Crippen molar-refractivity contribution in [1.82, 2.24) is 4.90 Å². The molecule has 0 N–H and O–H groups in total. The summed E-state index contributed by atoms with van der Waals surface area (Å²) in [5.41, 5.74) is 0.440. The summed E-state index contributed by atoms with van der Waals surface area (Å²) >= 11 is 0. The van der Waals surface area contributed by atoms with Crippen molar-refractivity contribution in [3.8, 4) is 5.75 Å². The van der Waals surface area contributed by atoms with E-state index in [1.54, 1.807) is 18.2 Å². The van der Waals surface area contributed by atoms with Gasteiger partial charge in [-0.1, -0.05) is 45.0 Å². The number of ether oxygens (including phenoxy) is 1. The molecule has 0 heterocycles. The van der Waals surface area contributed by atoms with Gasteiger partial charge >= 0.3 is 6.18 Å². The Balaban J connectivity index is 1.76. The molecule has 6 heteroatoms. The number of rotatable bonds is 4. The molecule has 0 aromatic heterocycles. The lowest BCUT2D eigenvalue weighted by atomic mass is 9.79. The van der Waals surface area contributed by atoms with Crippen molar-refractivity contribution >= 4 is 0 Å². The highest BCUT2D eigenvalue weighted by atomic mass is 19.4. The lowest BCUT2D eigenvalue weighted by molar-refractivity contribution is -0.137. The molecule has 2 aromatic rings. The standard InChI is InChI=1S/C25H31F4NO/c1-24(2,3)20-11-10-19(15-21(20)26)31-23-12-9-17(14-22(23)30(4)5)16-7-6-8-18(13-16)25(27,28)29/h6-8,10-11,13,15,17,22-23H,9,12,14H2,1-5H3/t17-,22-,23-/m0/s1. The Kier molecular flexibility index (Phi) is 6.70. The summed E-state index contributed by atoms with van der Waals surface area (Å²) in [6, 6.07) is 10.6. The molecule has 2 nitrogen and oxygen atoms in total. The first-order valence-corrected chi connectivity index (χ1v) is 10.7. The predicted octanol–water partition coefficient (Wildman–Crippen LogP) is 6.79. The summed E-state index contributed by atoms with van der Waals surface area (Å²) in [5.74, 6) is 0.221. The molecule has 1 aliphatic carbocycles. The summed E-state index contributed by atoms with van der Waals surface area (Å²) in [7, 11) is 3.89. The predicted molar refractivity (Wildman–Crippen MR) is 115 cm³/mol. The fourth-order valence-electron chi connectivity index (χ4n) is 4.42. The van der Waals surface area contributed by atoms with Gasteiger partial charge in [-0.2, -0.15) is 13.2 Å². The largest absolute Gasteiger partial charge is 0.489 e. The summed E-state index contributed by atoms with van der Waals surface area (Å²) in [5, 5.41) is 0. The Bertz CT molecular complexity index is 901. The highest BCUT2D eigenvalue weighted by Crippen LogP contribution is 2.39. The third kappa shape index (κ3) is 5.59. The zero-order valence-corrected chi connectivity index (χ0v) is 18.8. The van der Waals surface area contributed by atoms with Gasteiger partial charge in [0.2, 0.25) is 0 Å². The van der Waals surface area contributed by atoms with Gasteiger partial charge in [0, 0.05) is 12.1 Å². The maximum absolute atomic E-state index is 14.6. The monoisotopic (exact) mass is 437 g/mol. The van der Waals surface area contributed by atoms with Gasteiger partial charge in [0.05, 0.1) is 5.56 Å². The molecule has 170 valence electrons. The topological polar surface area (TPSA) is 12.5 Å². The van der Waals surface area contributed by atoms with Crippen LogP contribution in [0.4, 0.5) is 17.6 Å². The fourth-order valence-corrected chi connectivity index (χ4v) is 4.42. The van der Waals surface area contributed by atoms with Gasteiger partial charge in [-0.05, 0) is 68.0 Å². The lowest BCUT2D eigenvalue weighted by Gasteiger charge is -2.40. The highest BCUT2D eigenvalue weighted by Gasteiger charge is 2.36. The Morgan fingerprint density at radius 1 is 0.968 bits per heavy atom. The molecule has 3 atom stereocenters. The van der Waals surface area contributed by atoms with Crippen molar-refractivity contribution in [3.63, 3.8) is 0 Å². The molecule has 0 aliphatic heterocycles. The number of halogens is 4. The molecule has 0 bridgehead atoms. The Morgan fingerprint density at radius 2 is 1.68 bits per heavy atom. The number of benzene rings is 2. The first-order chi connectivity index (χ1) is 14.4. The second kappa shape index (κ2) is 8.81. The maximum Gasteiger partial charge on any atom is 0.416 e. The minimum Gasteiger partial charge on any atom is -0.489 e. The van der Waals surface area contributed by atoms with E-state index in [9.17, 15) is 17.6 Å². The van der Waals surface area contributed by atoms with Gasteiger partial charge < -0.3 is 9.64 Å². The van der Waals surface area contributed by atoms with Crippen LogP contribution in [-0.2, 0) is 11.6 Å². The van der Waals surface area contributed by atoms with Crippen molar-refractivity contribution in [1.29, 1.82) is 0 Å². The number of hydrogen-bond donors (Lipinski definition) is 0. The molecule has 1 aliphatic rings. The van der Waals surface area contributed by atoms with E-state index in [2.05, 4.69) is 0 Å². The first kappa shape index (κ1) is 23.6. The van der Waals surface area contributed by atoms with Crippen LogP contribution < -0.4 is 4.74 Å². The quantitative estimate of drug-likeness (QED) is 0.489. The normalized spacial score (nSPS) is 22.6. The van der Waals surface area contributed by atoms with E-state index < -0.39 is 11.7 Å². The molecular weight excluding hydrogens is 406 g/mol. The molecule has 0 unspecified atom stereocenters. The second-order valence-electron chi connectivity index (χ2n) is 9.71. The van der Waals surface area contributed by atoms with E-state index in [1.807, 2.05) is 39.8 Å². The average molecular weight is 438 g/mol. The summed E-state index contributed by atoms with van der Waals surface area (Å²) in [4.78, 5) is 2.05. The van der Waals surface area contributed by atoms with Gasteiger partial charge in [-0.25, -0.2) is 4.39 Å². The van der Waals surface area contributed by atoms with E-state index >= 15 is 0 Å². The number of nitrogens with zero attached hydrogens (tertiary/aromatic N) is 1. The Morgan fingerprint density at radius 3 is 2.26 bits per heavy atom. The summed E-state index contributed by atoms with van der Waals surface area (Å²) in [6.45, 7) is 5.88. The van der Waals surface area contributed by atoms with Crippen molar-refractivity contribution in [2.24, 2.45) is 0 Å². The summed E-state index contributed by atoms with van der Waals surface area (Å²) in [6.07, 6.45) is -2.41. The van der Waals surface area contributed by atoms with E-state index in [0.29, 0.717) is 29.7 Å². The zero-order valence-electron chi connectivity index (χ0n) is 18.8. The van der Waals surface area contributed by atoms with Crippen LogP contribution in [0, 0.1) is 5.82 Å². The van der Waals surface area contributed by atoms with Crippen LogP contribution >= 0.6 is 0 Å². The number of hydrogen-bond acceptors (Lipinski definition) is 2. The summed E-state index contributed by atoms with van der Waals surface area (Å²) < 4.78 is 60.1. The van der Waals surface area contributed by atoms with Gasteiger partial charge in [0.25, 0.3) is 0 Å². The number of alkyl halides is 3. The molecule has 0 saturated heterocycles. The molecule has 1 saturated carbocycles. The minimum absolute atomic E-state index is 0.0126. The second-order valence-corrected chi connectivity index (χ2v) is 9.71. The van der Waals surface area contributed by atoms with Gasteiger partial charge in [-0.3, -0.25) is 0 Å². The Hall–Kier alpha value is -2.08. The zero-order chi connectivity index (χ0) is 23.0. The van der Waals surface area contributed by atoms with E-state index in [0.717, 1.165) is 12.5 Å². The van der Waals surface area contributed by atoms with E-state index in [-0.39, 0.29) is 29.3 Å². The van der Waals surface area contributed by atoms with Crippen LogP contribution in [0.15, 0.2) is 42.5 Å². The van der Waals surface area contributed by atoms with Crippen molar-refractivity contribution in [3.05, 3.63) is 65.0 Å². The van der Waals surface area contributed by atoms with Gasteiger partial charge in [0.15, 0.2) is 0 Å². The number of likely N-dealkylation sites (N-methyl/N-ethyl adjacent to an activating group) is 1. The fraction of sp³-hybridized carbons (Fsp3) is 0.520. The molecule has 0 spiro atoms. The molecule has 31 heavy (non-hydrogen) atoms. The highest BCUT2D eigenvalue weighted by molar-refractivity contribution is 5.33. The third-order valence-electron chi connectivity index (χ3n) is 6.14. The molecular formula is C25H31F4NO. The average Bonchev–Trinajstić information content (AvgIpc) is 2.66. The third-order valence-corrected chi connectivity index (χ3v) is 6.14. The van der Waals surface area contributed by atoms with Gasteiger partial charge in [0.1, 0.15) is 17.7 Å². The minimum atomic E-state index is -4.35. The van der Waals surface area contributed by atoms with Crippen molar-refractivity contribution in [2.45, 2.75) is 69.7 Å². The van der Waals surface area contributed by atoms with Crippen LogP contribution in [0.2, 0.25) is 0 Å². The Labute approximate surface area is 182 Å². The van der Waals surface area contributed by atoms with Gasteiger partial charge in [-0.15, -0.1) is 0 Å². The molecule has 0 amide bonds.